The SMILES string of the molecule is CC(=O)N1CCN(C(=O)Cc2csc(-c3c(Cl)cccc3Cl)n2)CC1. The molecule has 0 aliphatic carbocycles. The van der Waals surface area contributed by atoms with Gasteiger partial charge in [0, 0.05) is 44.0 Å². The second kappa shape index (κ2) is 7.72. The van der Waals surface area contributed by atoms with E-state index in [1.54, 1.807) is 34.9 Å². The highest BCUT2D eigenvalue weighted by Gasteiger charge is 2.23. The molecule has 0 saturated carbocycles. The standard InChI is InChI=1S/C17H17Cl2N3O2S/c1-11(23)21-5-7-22(8-6-21)15(24)9-12-10-25-17(20-12)16-13(18)3-2-4-14(16)19/h2-4,10H,5-9H2,1H3. The van der Waals surface area contributed by atoms with Gasteiger partial charge in [-0.05, 0) is 12.1 Å². The van der Waals surface area contributed by atoms with Crippen LogP contribution in [0.2, 0.25) is 10.0 Å². The van der Waals surface area contributed by atoms with Gasteiger partial charge < -0.3 is 9.80 Å². The molecule has 2 aromatic rings. The maximum atomic E-state index is 12.5. The van der Waals surface area contributed by atoms with Crippen LogP contribution in [0.1, 0.15) is 12.6 Å². The Morgan fingerprint density at radius 3 is 2.32 bits per heavy atom. The van der Waals surface area contributed by atoms with Gasteiger partial charge in [-0.15, -0.1) is 11.3 Å². The Hall–Kier alpha value is -1.63. The number of hydrogen-bond acceptors (Lipinski definition) is 4. The van der Waals surface area contributed by atoms with E-state index in [0.29, 0.717) is 52.5 Å². The predicted molar refractivity (Wildman–Crippen MR) is 100 cm³/mol. The molecule has 1 saturated heterocycles. The van der Waals surface area contributed by atoms with Crippen molar-refractivity contribution in [2.24, 2.45) is 0 Å². The first kappa shape index (κ1) is 18.2. The zero-order valence-corrected chi connectivity index (χ0v) is 16.0. The van der Waals surface area contributed by atoms with Crippen LogP contribution in [0.3, 0.4) is 0 Å². The summed E-state index contributed by atoms with van der Waals surface area (Å²) in [6.45, 7) is 3.84. The lowest BCUT2D eigenvalue weighted by molar-refractivity contribution is -0.138. The van der Waals surface area contributed by atoms with Crippen molar-refractivity contribution in [2.75, 3.05) is 26.2 Å². The number of thiazole rings is 1. The number of carbonyl (C=O) groups excluding carboxylic acids is 2. The summed E-state index contributed by atoms with van der Waals surface area (Å²) in [6, 6.07) is 5.32. The second-order valence-electron chi connectivity index (χ2n) is 5.80. The van der Waals surface area contributed by atoms with Crippen LogP contribution in [0, 0.1) is 0 Å². The summed E-state index contributed by atoms with van der Waals surface area (Å²) in [4.78, 5) is 31.9. The van der Waals surface area contributed by atoms with E-state index in [4.69, 9.17) is 23.2 Å². The molecule has 25 heavy (non-hydrogen) atoms. The van der Waals surface area contributed by atoms with Crippen molar-refractivity contribution in [2.45, 2.75) is 13.3 Å². The Morgan fingerprint density at radius 1 is 1.12 bits per heavy atom. The molecule has 2 amide bonds. The third-order valence-electron chi connectivity index (χ3n) is 4.14. The predicted octanol–water partition coefficient (Wildman–Crippen LogP) is 3.35. The molecule has 3 rings (SSSR count). The zero-order chi connectivity index (χ0) is 18.0. The molecule has 1 fully saturated rings. The van der Waals surface area contributed by atoms with Gasteiger partial charge in [0.25, 0.3) is 0 Å². The molecule has 0 radical (unpaired) electrons. The molecular weight excluding hydrogens is 381 g/mol. The van der Waals surface area contributed by atoms with Crippen molar-refractivity contribution in [3.63, 3.8) is 0 Å². The van der Waals surface area contributed by atoms with Gasteiger partial charge >= 0.3 is 0 Å². The average molecular weight is 398 g/mol. The van der Waals surface area contributed by atoms with E-state index in [1.807, 2.05) is 5.38 Å². The van der Waals surface area contributed by atoms with Crippen LogP contribution < -0.4 is 0 Å². The van der Waals surface area contributed by atoms with Crippen LogP contribution in [-0.2, 0) is 16.0 Å². The number of piperazine rings is 1. The molecule has 1 aromatic carbocycles. The summed E-state index contributed by atoms with van der Waals surface area (Å²) in [7, 11) is 0. The van der Waals surface area contributed by atoms with E-state index in [0.717, 1.165) is 0 Å². The molecule has 1 aliphatic heterocycles. The van der Waals surface area contributed by atoms with Crippen molar-refractivity contribution in [3.05, 3.63) is 39.3 Å². The zero-order valence-electron chi connectivity index (χ0n) is 13.7. The number of hydrogen-bond donors (Lipinski definition) is 0. The number of halogens is 2. The maximum Gasteiger partial charge on any atom is 0.228 e. The summed E-state index contributed by atoms with van der Waals surface area (Å²) in [5, 5.41) is 3.65. The van der Waals surface area contributed by atoms with Gasteiger partial charge in [0.2, 0.25) is 11.8 Å². The number of carbonyl (C=O) groups is 2. The Morgan fingerprint density at radius 2 is 1.72 bits per heavy atom. The fourth-order valence-corrected chi connectivity index (χ4v) is 4.32. The maximum absolute atomic E-state index is 12.5. The van der Waals surface area contributed by atoms with Crippen LogP contribution >= 0.6 is 34.5 Å². The fraction of sp³-hybridized carbons (Fsp3) is 0.353. The molecule has 0 atom stereocenters. The highest BCUT2D eigenvalue weighted by molar-refractivity contribution is 7.13. The van der Waals surface area contributed by atoms with E-state index < -0.39 is 0 Å². The number of nitrogens with zero attached hydrogens (tertiary/aromatic N) is 3. The summed E-state index contributed by atoms with van der Waals surface area (Å²) in [5.41, 5.74) is 1.40. The van der Waals surface area contributed by atoms with Crippen LogP contribution in [0.5, 0.6) is 0 Å². The summed E-state index contributed by atoms with van der Waals surface area (Å²) in [6.07, 6.45) is 0.235. The Kier molecular flexibility index (Phi) is 5.61. The molecule has 0 N–H and O–H groups in total. The first-order valence-corrected chi connectivity index (χ1v) is 9.51. The number of amides is 2. The van der Waals surface area contributed by atoms with Crippen molar-refractivity contribution in [1.82, 2.24) is 14.8 Å². The van der Waals surface area contributed by atoms with E-state index in [-0.39, 0.29) is 18.2 Å². The van der Waals surface area contributed by atoms with E-state index in [9.17, 15) is 9.59 Å². The van der Waals surface area contributed by atoms with E-state index in [2.05, 4.69) is 4.98 Å². The van der Waals surface area contributed by atoms with Crippen molar-refractivity contribution in [1.29, 1.82) is 0 Å². The lowest BCUT2D eigenvalue weighted by Gasteiger charge is -2.34. The molecule has 0 spiro atoms. The quantitative estimate of drug-likeness (QED) is 0.797. The van der Waals surface area contributed by atoms with Gasteiger partial charge in [0.15, 0.2) is 0 Å². The lowest BCUT2D eigenvalue weighted by atomic mass is 10.2. The minimum atomic E-state index is 0.0188. The van der Waals surface area contributed by atoms with Gasteiger partial charge in [-0.2, -0.15) is 0 Å². The Labute approximate surface area is 160 Å². The first-order valence-electron chi connectivity index (χ1n) is 7.88. The third-order valence-corrected chi connectivity index (χ3v) is 5.68. The van der Waals surface area contributed by atoms with Gasteiger partial charge in [-0.25, -0.2) is 4.98 Å². The van der Waals surface area contributed by atoms with Gasteiger partial charge in [-0.3, -0.25) is 9.59 Å². The first-order chi connectivity index (χ1) is 12.0. The molecule has 5 nitrogen and oxygen atoms in total. The van der Waals surface area contributed by atoms with Crippen molar-refractivity contribution < 1.29 is 9.59 Å². The Balaban J connectivity index is 1.66. The summed E-state index contributed by atoms with van der Waals surface area (Å²) in [5.74, 6) is 0.0677. The van der Waals surface area contributed by atoms with Gasteiger partial charge in [0.05, 0.1) is 22.2 Å². The summed E-state index contributed by atoms with van der Waals surface area (Å²) >= 11 is 13.9. The number of rotatable bonds is 3. The molecule has 1 aromatic heterocycles. The molecule has 8 heteroatoms. The molecule has 132 valence electrons. The minimum Gasteiger partial charge on any atom is -0.339 e. The minimum absolute atomic E-state index is 0.0188. The highest BCUT2D eigenvalue weighted by atomic mass is 35.5. The van der Waals surface area contributed by atoms with Crippen molar-refractivity contribution in [3.8, 4) is 10.6 Å². The van der Waals surface area contributed by atoms with Crippen LogP contribution in [0.25, 0.3) is 10.6 Å². The van der Waals surface area contributed by atoms with E-state index >= 15 is 0 Å². The fourth-order valence-electron chi connectivity index (χ4n) is 2.74. The molecule has 0 bridgehead atoms. The van der Waals surface area contributed by atoms with Crippen LogP contribution in [-0.4, -0.2) is 52.8 Å². The lowest BCUT2D eigenvalue weighted by Crippen LogP contribution is -2.50. The van der Waals surface area contributed by atoms with Crippen molar-refractivity contribution >= 4 is 46.4 Å². The van der Waals surface area contributed by atoms with Crippen LogP contribution in [0.15, 0.2) is 23.6 Å². The topological polar surface area (TPSA) is 53.5 Å². The van der Waals surface area contributed by atoms with Gasteiger partial charge in [0.1, 0.15) is 5.01 Å². The summed E-state index contributed by atoms with van der Waals surface area (Å²) < 4.78 is 0. The van der Waals surface area contributed by atoms with Gasteiger partial charge in [-0.1, -0.05) is 29.3 Å². The highest BCUT2D eigenvalue weighted by Crippen LogP contribution is 2.36. The van der Waals surface area contributed by atoms with Crippen LogP contribution in [0.4, 0.5) is 0 Å². The molecule has 1 aliphatic rings. The molecule has 0 unspecified atom stereocenters. The second-order valence-corrected chi connectivity index (χ2v) is 7.48. The van der Waals surface area contributed by atoms with E-state index in [1.165, 1.54) is 11.3 Å². The average Bonchev–Trinajstić information content (AvgIpc) is 3.02. The number of benzene rings is 1. The normalized spacial score (nSPS) is 14.7. The third kappa shape index (κ3) is 4.14. The molecule has 2 heterocycles. The molecular formula is C17H17Cl2N3O2S. The monoisotopic (exact) mass is 397 g/mol. The largest absolute Gasteiger partial charge is 0.339 e. The smallest absolute Gasteiger partial charge is 0.228 e. The Bertz CT molecular complexity index is 781. The number of aromatic nitrogens is 1.